The quantitative estimate of drug-likeness (QED) is 0.886. The third-order valence-electron chi connectivity index (χ3n) is 3.94. The van der Waals surface area contributed by atoms with Crippen molar-refractivity contribution in [1.82, 2.24) is 15.2 Å². The number of thiazole rings is 1. The molecule has 2 heterocycles. The van der Waals surface area contributed by atoms with Crippen LogP contribution in [0.15, 0.2) is 35.2 Å². The van der Waals surface area contributed by atoms with Gasteiger partial charge in [-0.15, -0.1) is 11.3 Å². The van der Waals surface area contributed by atoms with Crippen LogP contribution in [-0.2, 0) is 6.54 Å². The number of rotatable bonds is 4. The minimum absolute atomic E-state index is 0.204. The number of nitrogens with zero attached hydrogens (tertiary/aromatic N) is 2. The zero-order valence-corrected chi connectivity index (χ0v) is 14.1. The van der Waals surface area contributed by atoms with E-state index in [0.717, 1.165) is 18.8 Å². The molecule has 2 aromatic rings. The standard InChI is InChI=1S/C16H18ClN3O2S/c17-12-3-1-2-11(6-12)16(22)19-14-4-5-20(8-15(14)21)7-13-9-23-10-18-13/h1-3,6,9-10,14-15,21H,4-5,7-8H2,(H,19,22)/t14-,15-/m1/s1. The van der Waals surface area contributed by atoms with Gasteiger partial charge in [0, 0.05) is 35.6 Å². The van der Waals surface area contributed by atoms with Crippen molar-refractivity contribution in [2.45, 2.75) is 25.1 Å². The lowest BCUT2D eigenvalue weighted by Crippen LogP contribution is -2.53. The van der Waals surface area contributed by atoms with Crippen LogP contribution in [0, 0.1) is 0 Å². The fraction of sp³-hybridized carbons (Fsp3) is 0.375. The lowest BCUT2D eigenvalue weighted by molar-refractivity contribution is 0.0346. The first kappa shape index (κ1) is 16.4. The van der Waals surface area contributed by atoms with Gasteiger partial charge in [-0.1, -0.05) is 17.7 Å². The predicted octanol–water partition coefficient (Wildman–Crippen LogP) is 2.16. The van der Waals surface area contributed by atoms with Crippen LogP contribution >= 0.6 is 22.9 Å². The molecule has 0 radical (unpaired) electrons. The van der Waals surface area contributed by atoms with Gasteiger partial charge in [-0.3, -0.25) is 9.69 Å². The van der Waals surface area contributed by atoms with Crippen LogP contribution < -0.4 is 5.32 Å². The number of likely N-dealkylation sites (tertiary alicyclic amines) is 1. The van der Waals surface area contributed by atoms with Gasteiger partial charge >= 0.3 is 0 Å². The van der Waals surface area contributed by atoms with Gasteiger partial charge in [-0.25, -0.2) is 4.98 Å². The molecule has 1 aromatic carbocycles. The van der Waals surface area contributed by atoms with Crippen molar-refractivity contribution in [3.8, 4) is 0 Å². The van der Waals surface area contributed by atoms with Gasteiger partial charge in [0.2, 0.25) is 0 Å². The largest absolute Gasteiger partial charge is 0.390 e. The van der Waals surface area contributed by atoms with Crippen LogP contribution in [-0.4, -0.2) is 46.1 Å². The Kier molecular flexibility index (Phi) is 5.27. The Morgan fingerprint density at radius 3 is 3.09 bits per heavy atom. The molecule has 3 rings (SSSR count). The SMILES string of the molecule is O=C(N[C@@H]1CCN(Cc2cscn2)C[C@H]1O)c1cccc(Cl)c1. The Labute approximate surface area is 143 Å². The van der Waals surface area contributed by atoms with Crippen molar-refractivity contribution >= 4 is 28.8 Å². The Balaban J connectivity index is 1.55. The van der Waals surface area contributed by atoms with Gasteiger partial charge in [0.15, 0.2) is 0 Å². The number of nitrogens with one attached hydrogen (secondary N) is 1. The second-order valence-corrected chi connectivity index (χ2v) is 6.82. The molecule has 23 heavy (non-hydrogen) atoms. The van der Waals surface area contributed by atoms with E-state index < -0.39 is 6.10 Å². The van der Waals surface area contributed by atoms with E-state index in [0.29, 0.717) is 23.6 Å². The minimum Gasteiger partial charge on any atom is -0.390 e. The third kappa shape index (κ3) is 4.29. The molecular weight excluding hydrogens is 334 g/mol. The van der Waals surface area contributed by atoms with Gasteiger partial charge in [-0.05, 0) is 24.6 Å². The molecular formula is C16H18ClN3O2S. The highest BCUT2D eigenvalue weighted by atomic mass is 35.5. The van der Waals surface area contributed by atoms with E-state index in [4.69, 9.17) is 11.6 Å². The summed E-state index contributed by atoms with van der Waals surface area (Å²) in [5.74, 6) is -0.204. The van der Waals surface area contributed by atoms with Crippen molar-refractivity contribution < 1.29 is 9.90 Å². The molecule has 2 N–H and O–H groups in total. The van der Waals surface area contributed by atoms with E-state index in [2.05, 4.69) is 15.2 Å². The number of amides is 1. The van der Waals surface area contributed by atoms with Gasteiger partial charge in [0.1, 0.15) is 0 Å². The van der Waals surface area contributed by atoms with Crippen LogP contribution in [0.3, 0.4) is 0 Å². The number of piperidine rings is 1. The normalized spacial score (nSPS) is 22.0. The van der Waals surface area contributed by atoms with E-state index in [1.165, 1.54) is 0 Å². The minimum atomic E-state index is -0.592. The van der Waals surface area contributed by atoms with Gasteiger partial charge in [0.25, 0.3) is 5.91 Å². The molecule has 2 atom stereocenters. The summed E-state index contributed by atoms with van der Waals surface area (Å²) < 4.78 is 0. The number of β-amino-alcohol motifs (C(OH)–C–C–N with tert-alkyl or cyclic N) is 1. The van der Waals surface area contributed by atoms with E-state index in [-0.39, 0.29) is 11.9 Å². The molecule has 7 heteroatoms. The smallest absolute Gasteiger partial charge is 0.251 e. The molecule has 0 bridgehead atoms. The molecule has 1 saturated heterocycles. The first-order chi connectivity index (χ1) is 11.1. The summed E-state index contributed by atoms with van der Waals surface area (Å²) >= 11 is 7.47. The van der Waals surface area contributed by atoms with E-state index in [1.807, 2.05) is 10.9 Å². The highest BCUT2D eigenvalue weighted by Gasteiger charge is 2.29. The topological polar surface area (TPSA) is 65.5 Å². The number of carbonyl (C=O) groups is 1. The lowest BCUT2D eigenvalue weighted by Gasteiger charge is -2.35. The molecule has 1 aliphatic rings. The molecule has 0 unspecified atom stereocenters. The van der Waals surface area contributed by atoms with Gasteiger partial charge < -0.3 is 10.4 Å². The van der Waals surface area contributed by atoms with Crippen LogP contribution in [0.4, 0.5) is 0 Å². The van der Waals surface area contributed by atoms with Crippen molar-refractivity contribution in [2.75, 3.05) is 13.1 Å². The number of aliphatic hydroxyl groups excluding tert-OH is 1. The van der Waals surface area contributed by atoms with Crippen LogP contribution in [0.5, 0.6) is 0 Å². The number of halogens is 1. The maximum Gasteiger partial charge on any atom is 0.251 e. The van der Waals surface area contributed by atoms with E-state index in [1.54, 1.807) is 35.6 Å². The maximum atomic E-state index is 12.2. The van der Waals surface area contributed by atoms with Crippen molar-refractivity contribution in [2.24, 2.45) is 0 Å². The highest BCUT2D eigenvalue weighted by Crippen LogP contribution is 2.16. The van der Waals surface area contributed by atoms with Crippen LogP contribution in [0.1, 0.15) is 22.5 Å². The van der Waals surface area contributed by atoms with Gasteiger partial charge in [0.05, 0.1) is 23.4 Å². The van der Waals surface area contributed by atoms with Crippen molar-refractivity contribution in [3.63, 3.8) is 0 Å². The summed E-state index contributed by atoms with van der Waals surface area (Å²) in [7, 11) is 0. The molecule has 5 nitrogen and oxygen atoms in total. The van der Waals surface area contributed by atoms with Crippen molar-refractivity contribution in [1.29, 1.82) is 0 Å². The average Bonchev–Trinajstić information content (AvgIpc) is 3.03. The zero-order chi connectivity index (χ0) is 16.2. The Morgan fingerprint density at radius 1 is 1.52 bits per heavy atom. The average molecular weight is 352 g/mol. The van der Waals surface area contributed by atoms with E-state index >= 15 is 0 Å². The summed E-state index contributed by atoms with van der Waals surface area (Å²) in [4.78, 5) is 18.7. The highest BCUT2D eigenvalue weighted by molar-refractivity contribution is 7.07. The molecule has 122 valence electrons. The van der Waals surface area contributed by atoms with Gasteiger partial charge in [-0.2, -0.15) is 0 Å². The predicted molar refractivity (Wildman–Crippen MR) is 90.7 cm³/mol. The molecule has 1 amide bonds. The van der Waals surface area contributed by atoms with E-state index in [9.17, 15) is 9.90 Å². The molecule has 1 aromatic heterocycles. The molecule has 0 saturated carbocycles. The number of carbonyl (C=O) groups excluding carboxylic acids is 1. The Bertz CT molecular complexity index is 665. The lowest BCUT2D eigenvalue weighted by atomic mass is 10.0. The molecule has 0 spiro atoms. The second kappa shape index (κ2) is 7.40. The monoisotopic (exact) mass is 351 g/mol. The first-order valence-electron chi connectivity index (χ1n) is 7.46. The van der Waals surface area contributed by atoms with Crippen molar-refractivity contribution in [3.05, 3.63) is 51.4 Å². The summed E-state index contributed by atoms with van der Waals surface area (Å²) in [5, 5.41) is 15.8. The molecule has 1 aliphatic heterocycles. The number of aliphatic hydroxyl groups is 1. The third-order valence-corrected chi connectivity index (χ3v) is 4.81. The number of hydrogen-bond donors (Lipinski definition) is 2. The zero-order valence-electron chi connectivity index (χ0n) is 12.5. The summed E-state index contributed by atoms with van der Waals surface area (Å²) in [5.41, 5.74) is 3.34. The fourth-order valence-electron chi connectivity index (χ4n) is 2.74. The summed E-state index contributed by atoms with van der Waals surface area (Å²) in [6.45, 7) is 2.07. The van der Waals surface area contributed by atoms with Crippen LogP contribution in [0.25, 0.3) is 0 Å². The Morgan fingerprint density at radius 2 is 2.39 bits per heavy atom. The summed E-state index contributed by atoms with van der Waals surface area (Å²) in [6.07, 6.45) is 0.114. The number of aromatic nitrogens is 1. The second-order valence-electron chi connectivity index (χ2n) is 5.66. The first-order valence-corrected chi connectivity index (χ1v) is 8.78. The molecule has 1 fully saturated rings. The fourth-order valence-corrected chi connectivity index (χ4v) is 3.48. The number of benzene rings is 1. The number of hydrogen-bond acceptors (Lipinski definition) is 5. The van der Waals surface area contributed by atoms with Crippen LogP contribution in [0.2, 0.25) is 5.02 Å². The Hall–Kier alpha value is -1.47. The maximum absolute atomic E-state index is 12.2. The molecule has 0 aliphatic carbocycles. The summed E-state index contributed by atoms with van der Waals surface area (Å²) in [6, 6.07) is 6.56.